The molecule has 0 fully saturated rings. The number of rotatable bonds is 4. The molecule has 0 aromatic carbocycles. The van der Waals surface area contributed by atoms with Crippen LogP contribution in [0.4, 0.5) is 0 Å². The fraction of sp³-hybridized carbons (Fsp3) is 0.600. The predicted molar refractivity (Wildman–Crippen MR) is 35.8 cm³/mol. The smallest absolute Gasteiger partial charge is 0.106 e. The molecule has 0 atom stereocenters. The highest BCUT2D eigenvalue weighted by molar-refractivity contribution is 5.71. The Hall–Kier alpha value is -0.700. The van der Waals surface area contributed by atoms with Crippen molar-refractivity contribution in [2.75, 3.05) is 13.1 Å². The minimum atomic E-state index is 0.756. The molecule has 0 aliphatic rings. The van der Waals surface area contributed by atoms with Gasteiger partial charge in [0.1, 0.15) is 6.34 Å². The van der Waals surface area contributed by atoms with E-state index in [2.05, 4.69) is 10.3 Å². The molecular formula is C5H11N3. The van der Waals surface area contributed by atoms with E-state index in [4.69, 9.17) is 5.41 Å². The van der Waals surface area contributed by atoms with Crippen molar-refractivity contribution < 1.29 is 0 Å². The van der Waals surface area contributed by atoms with Crippen molar-refractivity contribution in [1.29, 1.82) is 5.41 Å². The fourth-order valence-corrected chi connectivity index (χ4v) is 0.314. The molecule has 0 aliphatic heterocycles. The first-order valence-corrected chi connectivity index (χ1v) is 2.63. The molecule has 3 heteroatoms. The Kier molecular flexibility index (Phi) is 5.75. The van der Waals surface area contributed by atoms with Crippen LogP contribution in [0.1, 0.15) is 6.92 Å². The van der Waals surface area contributed by atoms with E-state index in [1.54, 1.807) is 6.21 Å². The topological polar surface area (TPSA) is 48.2 Å². The van der Waals surface area contributed by atoms with E-state index in [1.165, 1.54) is 0 Å². The zero-order valence-corrected chi connectivity index (χ0v) is 5.02. The third kappa shape index (κ3) is 5.30. The van der Waals surface area contributed by atoms with Crippen molar-refractivity contribution in [3.63, 3.8) is 0 Å². The highest BCUT2D eigenvalue weighted by Gasteiger charge is 1.71. The average molecular weight is 113 g/mol. The van der Waals surface area contributed by atoms with E-state index in [0.717, 1.165) is 19.4 Å². The summed E-state index contributed by atoms with van der Waals surface area (Å²) in [6.07, 6.45) is 2.69. The first-order chi connectivity index (χ1) is 3.91. The summed E-state index contributed by atoms with van der Waals surface area (Å²) in [5.41, 5.74) is 0. The summed E-state index contributed by atoms with van der Waals surface area (Å²) in [4.78, 5) is 3.56. The monoisotopic (exact) mass is 113 g/mol. The molecule has 0 heterocycles. The minimum Gasteiger partial charge on any atom is -0.312 e. The highest BCUT2D eigenvalue weighted by Crippen LogP contribution is 1.54. The Labute approximate surface area is 49.3 Å². The zero-order chi connectivity index (χ0) is 6.24. The molecule has 0 spiro atoms. The normalized spacial score (nSPS) is 10.1. The van der Waals surface area contributed by atoms with Gasteiger partial charge in [0.25, 0.3) is 0 Å². The van der Waals surface area contributed by atoms with E-state index in [0.29, 0.717) is 0 Å². The van der Waals surface area contributed by atoms with Crippen LogP contribution in [0.3, 0.4) is 0 Å². The number of nitrogens with one attached hydrogen (secondary N) is 2. The molecule has 8 heavy (non-hydrogen) atoms. The van der Waals surface area contributed by atoms with E-state index in [9.17, 15) is 0 Å². The molecular weight excluding hydrogens is 102 g/mol. The maximum Gasteiger partial charge on any atom is 0.106 e. The summed E-state index contributed by atoms with van der Waals surface area (Å²) in [7, 11) is 0. The van der Waals surface area contributed by atoms with Crippen LogP contribution in [0.25, 0.3) is 0 Å². The summed E-state index contributed by atoms with van der Waals surface area (Å²) >= 11 is 0. The van der Waals surface area contributed by atoms with Gasteiger partial charge in [0.2, 0.25) is 0 Å². The highest BCUT2D eigenvalue weighted by atomic mass is 14.9. The second-order valence-corrected chi connectivity index (χ2v) is 1.27. The van der Waals surface area contributed by atoms with Crippen molar-refractivity contribution in [3.8, 4) is 0 Å². The lowest BCUT2D eigenvalue weighted by Crippen LogP contribution is -2.14. The van der Waals surface area contributed by atoms with Crippen LogP contribution in [0.2, 0.25) is 0 Å². The Morgan fingerprint density at radius 1 is 1.75 bits per heavy atom. The molecule has 0 amide bonds. The lowest BCUT2D eigenvalue weighted by Gasteiger charge is -1.88. The predicted octanol–water partition coefficient (Wildman–Crippen LogP) is 0.274. The van der Waals surface area contributed by atoms with Crippen molar-refractivity contribution in [1.82, 2.24) is 5.32 Å². The second-order valence-electron chi connectivity index (χ2n) is 1.27. The molecule has 0 aromatic heterocycles. The first kappa shape index (κ1) is 7.30. The number of aliphatic imine (C=N–C) groups is 1. The van der Waals surface area contributed by atoms with Gasteiger partial charge in [-0.05, 0) is 6.54 Å². The number of hydrogen-bond acceptors (Lipinski definition) is 2. The third-order valence-corrected chi connectivity index (χ3v) is 0.666. The van der Waals surface area contributed by atoms with Crippen molar-refractivity contribution in [2.45, 2.75) is 6.92 Å². The Morgan fingerprint density at radius 2 is 2.50 bits per heavy atom. The van der Waals surface area contributed by atoms with Gasteiger partial charge in [0.15, 0.2) is 0 Å². The minimum absolute atomic E-state index is 0.756. The van der Waals surface area contributed by atoms with E-state index in [1.807, 2.05) is 6.92 Å². The van der Waals surface area contributed by atoms with Crippen molar-refractivity contribution in [3.05, 3.63) is 0 Å². The second kappa shape index (κ2) is 6.30. The third-order valence-electron chi connectivity index (χ3n) is 0.666. The summed E-state index contributed by atoms with van der Waals surface area (Å²) in [6.45, 7) is 3.73. The fourth-order valence-electron chi connectivity index (χ4n) is 0.314. The maximum absolute atomic E-state index is 6.49. The van der Waals surface area contributed by atoms with Crippen LogP contribution in [0.15, 0.2) is 4.99 Å². The van der Waals surface area contributed by atoms with Gasteiger partial charge in [-0.1, -0.05) is 6.92 Å². The van der Waals surface area contributed by atoms with Crippen LogP contribution in [-0.4, -0.2) is 25.6 Å². The number of hydrogen-bond donors (Lipinski definition) is 2. The Morgan fingerprint density at radius 3 is 3.00 bits per heavy atom. The SMILES string of the molecule is CCNC/C=N\C=N. The van der Waals surface area contributed by atoms with Gasteiger partial charge in [-0.2, -0.15) is 0 Å². The number of nitrogens with zero attached hydrogens (tertiary/aromatic N) is 1. The molecule has 0 rings (SSSR count). The molecule has 0 saturated carbocycles. The van der Waals surface area contributed by atoms with Gasteiger partial charge in [0.05, 0.1) is 0 Å². The quantitative estimate of drug-likeness (QED) is 0.307. The lowest BCUT2D eigenvalue weighted by atomic mass is 10.6. The molecule has 0 radical (unpaired) electrons. The van der Waals surface area contributed by atoms with Gasteiger partial charge in [-0.3, -0.25) is 5.41 Å². The van der Waals surface area contributed by atoms with Gasteiger partial charge in [-0.15, -0.1) is 0 Å². The van der Waals surface area contributed by atoms with Crippen LogP contribution < -0.4 is 5.32 Å². The average Bonchev–Trinajstić information content (AvgIpc) is 1.81. The molecule has 0 aromatic rings. The molecule has 2 N–H and O–H groups in total. The van der Waals surface area contributed by atoms with Crippen LogP contribution in [0, 0.1) is 5.41 Å². The molecule has 0 unspecified atom stereocenters. The Balaban J connectivity index is 2.91. The molecule has 46 valence electrons. The lowest BCUT2D eigenvalue weighted by molar-refractivity contribution is 0.824. The van der Waals surface area contributed by atoms with E-state index >= 15 is 0 Å². The zero-order valence-electron chi connectivity index (χ0n) is 5.02. The van der Waals surface area contributed by atoms with Crippen LogP contribution >= 0.6 is 0 Å². The largest absolute Gasteiger partial charge is 0.312 e. The Bertz CT molecular complexity index is 77.7. The van der Waals surface area contributed by atoms with Gasteiger partial charge in [-0.25, -0.2) is 4.99 Å². The van der Waals surface area contributed by atoms with E-state index in [-0.39, 0.29) is 0 Å². The summed E-state index contributed by atoms with van der Waals surface area (Å²) in [6, 6.07) is 0. The van der Waals surface area contributed by atoms with Crippen molar-refractivity contribution >= 4 is 12.6 Å². The van der Waals surface area contributed by atoms with Gasteiger partial charge < -0.3 is 5.32 Å². The summed E-state index contributed by atoms with van der Waals surface area (Å²) in [5, 5.41) is 9.52. The molecule has 3 nitrogen and oxygen atoms in total. The van der Waals surface area contributed by atoms with Gasteiger partial charge >= 0.3 is 0 Å². The summed E-state index contributed by atoms with van der Waals surface area (Å²) in [5.74, 6) is 0. The molecule has 0 saturated heterocycles. The van der Waals surface area contributed by atoms with Crippen LogP contribution in [-0.2, 0) is 0 Å². The van der Waals surface area contributed by atoms with Crippen molar-refractivity contribution in [2.24, 2.45) is 4.99 Å². The maximum atomic E-state index is 6.49. The first-order valence-electron chi connectivity index (χ1n) is 2.63. The molecule has 0 bridgehead atoms. The van der Waals surface area contributed by atoms with Crippen LogP contribution in [0.5, 0.6) is 0 Å². The molecule has 0 aliphatic carbocycles. The summed E-state index contributed by atoms with van der Waals surface area (Å²) < 4.78 is 0. The standard InChI is InChI=1S/C5H11N3/c1-2-7-3-4-8-5-6/h4-7H,2-3H2,1H3/b6-5?,8-4-. The van der Waals surface area contributed by atoms with Gasteiger partial charge in [0, 0.05) is 12.8 Å². The van der Waals surface area contributed by atoms with E-state index < -0.39 is 0 Å².